The number of rotatable bonds is 1. The Morgan fingerprint density at radius 3 is 2.17 bits per heavy atom. The van der Waals surface area contributed by atoms with Gasteiger partial charge in [-0.15, -0.1) is 0 Å². The highest BCUT2D eigenvalue weighted by atomic mass is 19.1. The summed E-state index contributed by atoms with van der Waals surface area (Å²) < 4.78 is 13.6. The van der Waals surface area contributed by atoms with Crippen LogP contribution in [0.4, 0.5) is 4.39 Å². The molecule has 0 bridgehead atoms. The molecule has 2 rings (SSSR count). The van der Waals surface area contributed by atoms with E-state index in [9.17, 15) is 4.39 Å². The largest absolute Gasteiger partial charge is 0.352 e. The van der Waals surface area contributed by atoms with E-state index in [0.29, 0.717) is 5.57 Å². The molecule has 1 aliphatic heterocycles. The van der Waals surface area contributed by atoms with E-state index in [-0.39, 0.29) is 5.41 Å². The molecular formula is C16H20FN. The molecule has 1 unspecified atom stereocenters. The Kier molecular flexibility index (Phi) is 3.29. The van der Waals surface area contributed by atoms with Gasteiger partial charge in [0.05, 0.1) is 0 Å². The molecule has 0 spiro atoms. The van der Waals surface area contributed by atoms with Gasteiger partial charge < -0.3 is 5.32 Å². The van der Waals surface area contributed by atoms with Gasteiger partial charge in [0, 0.05) is 5.70 Å². The molecular weight excluding hydrogens is 225 g/mol. The van der Waals surface area contributed by atoms with Crippen molar-refractivity contribution in [2.24, 2.45) is 0 Å². The standard InChI is InChI=1S/C16H20FN/c1-11-5-10-14(18-15(11)17)12-6-8-13(9-7-12)16(2,3)4/h5-10,15,18H,1-4H3. The smallest absolute Gasteiger partial charge is 0.192 e. The fraction of sp³-hybridized carbons (Fsp3) is 0.375. The van der Waals surface area contributed by atoms with Crippen LogP contribution in [0.2, 0.25) is 0 Å². The topological polar surface area (TPSA) is 12.0 Å². The fourth-order valence-corrected chi connectivity index (χ4v) is 1.93. The number of hydrogen-bond acceptors (Lipinski definition) is 1. The summed E-state index contributed by atoms with van der Waals surface area (Å²) in [7, 11) is 0. The summed E-state index contributed by atoms with van der Waals surface area (Å²) in [6, 6.07) is 8.30. The average molecular weight is 245 g/mol. The summed E-state index contributed by atoms with van der Waals surface area (Å²) in [4.78, 5) is 0. The Labute approximate surface area is 108 Å². The quantitative estimate of drug-likeness (QED) is 0.732. The molecule has 0 radical (unpaired) electrons. The second-order valence-corrected chi connectivity index (χ2v) is 5.83. The lowest BCUT2D eigenvalue weighted by Crippen LogP contribution is -2.26. The molecule has 18 heavy (non-hydrogen) atoms. The van der Waals surface area contributed by atoms with Gasteiger partial charge in [-0.1, -0.05) is 51.1 Å². The lowest BCUT2D eigenvalue weighted by molar-refractivity contribution is 0.352. The van der Waals surface area contributed by atoms with Crippen LogP contribution in [0.15, 0.2) is 42.0 Å². The summed E-state index contributed by atoms with van der Waals surface area (Å²) in [6.07, 6.45) is 2.68. The van der Waals surface area contributed by atoms with Crippen LogP contribution >= 0.6 is 0 Å². The van der Waals surface area contributed by atoms with Crippen LogP contribution in [-0.2, 0) is 5.41 Å². The molecule has 0 aliphatic carbocycles. The van der Waals surface area contributed by atoms with E-state index in [4.69, 9.17) is 0 Å². The van der Waals surface area contributed by atoms with Crippen LogP contribution in [0.1, 0.15) is 38.8 Å². The van der Waals surface area contributed by atoms with Gasteiger partial charge in [-0.05, 0) is 35.1 Å². The maximum atomic E-state index is 13.6. The lowest BCUT2D eigenvalue weighted by atomic mass is 9.86. The normalized spacial score (nSPS) is 19.9. The van der Waals surface area contributed by atoms with Crippen LogP contribution in [0.3, 0.4) is 0 Å². The van der Waals surface area contributed by atoms with Crippen molar-refractivity contribution in [3.63, 3.8) is 0 Å². The molecule has 0 fully saturated rings. The molecule has 0 saturated heterocycles. The summed E-state index contributed by atoms with van der Waals surface area (Å²) >= 11 is 0. The molecule has 0 amide bonds. The van der Waals surface area contributed by atoms with Gasteiger partial charge in [0.1, 0.15) is 0 Å². The summed E-state index contributed by atoms with van der Waals surface area (Å²) in [6.45, 7) is 8.34. The first kappa shape index (κ1) is 12.9. The van der Waals surface area contributed by atoms with Gasteiger partial charge >= 0.3 is 0 Å². The van der Waals surface area contributed by atoms with E-state index in [0.717, 1.165) is 11.3 Å². The van der Waals surface area contributed by atoms with Crippen LogP contribution in [0.5, 0.6) is 0 Å². The molecule has 1 nitrogen and oxygen atoms in total. The minimum absolute atomic E-state index is 0.145. The SMILES string of the molecule is CC1=CC=C(c2ccc(C(C)(C)C)cc2)NC1F. The van der Waals surface area contributed by atoms with Crippen molar-refractivity contribution in [2.45, 2.75) is 39.4 Å². The number of dihydropyridines is 1. The van der Waals surface area contributed by atoms with E-state index >= 15 is 0 Å². The van der Waals surface area contributed by atoms with Gasteiger partial charge in [-0.3, -0.25) is 0 Å². The highest BCUT2D eigenvalue weighted by Gasteiger charge is 2.16. The molecule has 1 aliphatic rings. The minimum Gasteiger partial charge on any atom is -0.352 e. The molecule has 1 N–H and O–H groups in total. The van der Waals surface area contributed by atoms with Crippen LogP contribution in [0.25, 0.3) is 5.70 Å². The molecule has 1 heterocycles. The van der Waals surface area contributed by atoms with E-state index in [2.05, 4.69) is 38.2 Å². The van der Waals surface area contributed by atoms with E-state index in [1.165, 1.54) is 5.56 Å². The molecule has 0 saturated carbocycles. The molecule has 1 aromatic rings. The van der Waals surface area contributed by atoms with Crippen LogP contribution < -0.4 is 5.32 Å². The third-order valence-corrected chi connectivity index (χ3v) is 3.26. The van der Waals surface area contributed by atoms with E-state index in [1.54, 1.807) is 6.92 Å². The minimum atomic E-state index is -1.08. The van der Waals surface area contributed by atoms with Crippen molar-refractivity contribution >= 4 is 5.70 Å². The van der Waals surface area contributed by atoms with Gasteiger partial charge in [-0.25, -0.2) is 4.39 Å². The second-order valence-electron chi connectivity index (χ2n) is 5.83. The molecule has 2 heteroatoms. The van der Waals surface area contributed by atoms with E-state index < -0.39 is 6.30 Å². The second kappa shape index (κ2) is 4.60. The number of hydrogen-bond donors (Lipinski definition) is 1. The number of allylic oxidation sites excluding steroid dienone is 2. The summed E-state index contributed by atoms with van der Waals surface area (Å²) in [5.41, 5.74) is 4.01. The average Bonchev–Trinajstić information content (AvgIpc) is 2.32. The summed E-state index contributed by atoms with van der Waals surface area (Å²) in [5, 5.41) is 2.87. The molecule has 0 aromatic heterocycles. The van der Waals surface area contributed by atoms with Crippen molar-refractivity contribution in [1.82, 2.24) is 5.32 Å². The maximum Gasteiger partial charge on any atom is 0.192 e. The molecule has 1 aromatic carbocycles. The van der Waals surface area contributed by atoms with Gasteiger partial charge in [-0.2, -0.15) is 0 Å². The first-order valence-electron chi connectivity index (χ1n) is 6.28. The third-order valence-electron chi connectivity index (χ3n) is 3.26. The fourth-order valence-electron chi connectivity index (χ4n) is 1.93. The number of halogens is 1. The van der Waals surface area contributed by atoms with E-state index in [1.807, 2.05) is 24.3 Å². The highest BCUT2D eigenvalue weighted by Crippen LogP contribution is 2.25. The van der Waals surface area contributed by atoms with Gasteiger partial charge in [0.25, 0.3) is 0 Å². The van der Waals surface area contributed by atoms with Crippen molar-refractivity contribution in [3.05, 3.63) is 53.1 Å². The number of nitrogens with one attached hydrogen (secondary N) is 1. The van der Waals surface area contributed by atoms with Crippen LogP contribution in [0, 0.1) is 0 Å². The van der Waals surface area contributed by atoms with Crippen molar-refractivity contribution < 1.29 is 4.39 Å². The predicted molar refractivity (Wildman–Crippen MR) is 74.9 cm³/mol. The number of benzene rings is 1. The zero-order valence-corrected chi connectivity index (χ0v) is 11.4. The summed E-state index contributed by atoms with van der Waals surface area (Å²) in [5.74, 6) is 0. The number of alkyl halides is 1. The Morgan fingerprint density at radius 2 is 1.67 bits per heavy atom. The Hall–Kier alpha value is -1.57. The van der Waals surface area contributed by atoms with Crippen molar-refractivity contribution in [3.8, 4) is 0 Å². The lowest BCUT2D eigenvalue weighted by Gasteiger charge is -2.22. The first-order chi connectivity index (χ1) is 8.38. The predicted octanol–water partition coefficient (Wildman–Crippen LogP) is 4.17. The van der Waals surface area contributed by atoms with Crippen LogP contribution in [-0.4, -0.2) is 6.30 Å². The van der Waals surface area contributed by atoms with Gasteiger partial charge in [0.15, 0.2) is 6.30 Å². The zero-order chi connectivity index (χ0) is 13.3. The third kappa shape index (κ3) is 2.63. The Bertz CT molecular complexity index is 489. The van der Waals surface area contributed by atoms with Crippen molar-refractivity contribution in [2.75, 3.05) is 0 Å². The first-order valence-corrected chi connectivity index (χ1v) is 6.28. The molecule has 1 atom stereocenters. The zero-order valence-electron chi connectivity index (χ0n) is 11.4. The highest BCUT2D eigenvalue weighted by molar-refractivity contribution is 5.67. The van der Waals surface area contributed by atoms with Crippen molar-refractivity contribution in [1.29, 1.82) is 0 Å². The molecule has 96 valence electrons. The Balaban J connectivity index is 2.26. The maximum absolute atomic E-state index is 13.6. The Morgan fingerprint density at radius 1 is 1.06 bits per heavy atom. The van der Waals surface area contributed by atoms with Gasteiger partial charge in [0.2, 0.25) is 0 Å². The monoisotopic (exact) mass is 245 g/mol.